The maximum atomic E-state index is 13.1. The molecule has 0 unspecified atom stereocenters. The van der Waals surface area contributed by atoms with Crippen molar-refractivity contribution in [1.82, 2.24) is 0 Å². The lowest BCUT2D eigenvalue weighted by atomic mass is 10.1. The lowest BCUT2D eigenvalue weighted by Gasteiger charge is -2.15. The predicted octanol–water partition coefficient (Wildman–Crippen LogP) is 5.28. The Balaban J connectivity index is 1.83. The number of halogens is 1. The summed E-state index contributed by atoms with van der Waals surface area (Å²) >= 11 is 0. The van der Waals surface area contributed by atoms with Crippen molar-refractivity contribution >= 4 is 27.3 Å². The molecule has 3 aromatic rings. The zero-order valence-electron chi connectivity index (χ0n) is 18.3. The smallest absolute Gasteiger partial charge is 0.261 e. The van der Waals surface area contributed by atoms with Crippen molar-refractivity contribution in [3.63, 3.8) is 0 Å². The summed E-state index contributed by atoms with van der Waals surface area (Å²) in [6.45, 7) is 7.44. The van der Waals surface area contributed by atoms with E-state index in [2.05, 4.69) is 10.0 Å². The summed E-state index contributed by atoms with van der Waals surface area (Å²) in [4.78, 5) is 12.9. The van der Waals surface area contributed by atoms with Gasteiger partial charge in [-0.05, 0) is 93.4 Å². The molecule has 0 saturated carbocycles. The first-order valence-corrected chi connectivity index (χ1v) is 11.5. The van der Waals surface area contributed by atoms with E-state index >= 15 is 0 Å². The van der Waals surface area contributed by atoms with Crippen molar-refractivity contribution < 1.29 is 22.3 Å². The fourth-order valence-corrected chi connectivity index (χ4v) is 4.14. The summed E-state index contributed by atoms with van der Waals surface area (Å²) in [6, 6.07) is 14.6. The lowest BCUT2D eigenvalue weighted by Crippen LogP contribution is -2.17. The average molecular weight is 457 g/mol. The molecular formula is C24H25FN2O4S. The minimum atomic E-state index is -3.97. The number of rotatable bonds is 7. The van der Waals surface area contributed by atoms with Crippen molar-refractivity contribution in [2.75, 3.05) is 10.0 Å². The molecule has 0 spiro atoms. The summed E-state index contributed by atoms with van der Waals surface area (Å²) < 4.78 is 46.7. The van der Waals surface area contributed by atoms with Gasteiger partial charge in [-0.1, -0.05) is 6.07 Å². The fourth-order valence-electron chi connectivity index (χ4n) is 3.06. The maximum Gasteiger partial charge on any atom is 0.261 e. The number of nitrogens with one attached hydrogen (secondary N) is 2. The molecular weight excluding hydrogens is 431 g/mol. The van der Waals surface area contributed by atoms with Crippen LogP contribution in [0, 0.1) is 19.7 Å². The van der Waals surface area contributed by atoms with Crippen LogP contribution in [0.15, 0.2) is 65.6 Å². The van der Waals surface area contributed by atoms with Crippen LogP contribution in [0.3, 0.4) is 0 Å². The summed E-state index contributed by atoms with van der Waals surface area (Å²) in [5.41, 5.74) is 2.49. The van der Waals surface area contributed by atoms with E-state index in [0.29, 0.717) is 17.0 Å². The average Bonchev–Trinajstić information content (AvgIpc) is 2.71. The summed E-state index contributed by atoms with van der Waals surface area (Å²) in [5.74, 6) is -0.199. The summed E-state index contributed by atoms with van der Waals surface area (Å²) in [6.07, 6.45) is 0.0331. The van der Waals surface area contributed by atoms with Crippen LogP contribution in [0.25, 0.3) is 0 Å². The first-order chi connectivity index (χ1) is 15.0. The van der Waals surface area contributed by atoms with Gasteiger partial charge in [0.25, 0.3) is 15.9 Å². The lowest BCUT2D eigenvalue weighted by molar-refractivity contribution is 0.102. The number of carbonyl (C=O) groups is 1. The Morgan fingerprint density at radius 3 is 2.25 bits per heavy atom. The second kappa shape index (κ2) is 9.40. The van der Waals surface area contributed by atoms with Crippen molar-refractivity contribution in [3.8, 4) is 5.75 Å². The second-order valence-electron chi connectivity index (χ2n) is 7.69. The highest BCUT2D eigenvalue weighted by Gasteiger charge is 2.19. The van der Waals surface area contributed by atoms with E-state index in [1.165, 1.54) is 24.3 Å². The van der Waals surface area contributed by atoms with Crippen molar-refractivity contribution in [2.45, 2.75) is 38.7 Å². The van der Waals surface area contributed by atoms with Crippen LogP contribution in [-0.4, -0.2) is 20.4 Å². The number of carbonyl (C=O) groups excluding carboxylic acids is 1. The first kappa shape index (κ1) is 23.3. The Bertz CT molecular complexity index is 1240. The number of aryl methyl sites for hydroxylation is 2. The third-order valence-electron chi connectivity index (χ3n) is 4.68. The Morgan fingerprint density at radius 1 is 0.938 bits per heavy atom. The molecule has 3 aromatic carbocycles. The molecule has 0 aromatic heterocycles. The number of hydrogen-bond donors (Lipinski definition) is 2. The third-order valence-corrected chi connectivity index (χ3v) is 6.06. The van der Waals surface area contributed by atoms with Gasteiger partial charge in [0.1, 0.15) is 11.6 Å². The Kier molecular flexibility index (Phi) is 6.84. The van der Waals surface area contributed by atoms with Crippen LogP contribution < -0.4 is 14.8 Å². The van der Waals surface area contributed by atoms with E-state index in [1.807, 2.05) is 26.8 Å². The molecule has 168 valence electrons. The molecule has 6 nitrogen and oxygen atoms in total. The maximum absolute atomic E-state index is 13.1. The Hall–Kier alpha value is -3.39. The molecule has 0 aliphatic heterocycles. The molecule has 0 atom stereocenters. The highest BCUT2D eigenvalue weighted by Crippen LogP contribution is 2.24. The molecule has 0 heterocycles. The van der Waals surface area contributed by atoms with Crippen LogP contribution in [-0.2, 0) is 10.0 Å². The van der Waals surface area contributed by atoms with Crippen molar-refractivity contribution in [1.29, 1.82) is 0 Å². The molecule has 8 heteroatoms. The normalized spacial score (nSPS) is 11.3. The van der Waals surface area contributed by atoms with Gasteiger partial charge in [0.05, 0.1) is 11.0 Å². The fraction of sp³-hybridized carbons (Fsp3) is 0.208. The molecule has 0 aliphatic rings. The van der Waals surface area contributed by atoms with E-state index in [1.54, 1.807) is 25.1 Å². The Labute approximate surface area is 187 Å². The predicted molar refractivity (Wildman–Crippen MR) is 123 cm³/mol. The van der Waals surface area contributed by atoms with Gasteiger partial charge in [0.2, 0.25) is 0 Å². The largest absolute Gasteiger partial charge is 0.491 e. The summed E-state index contributed by atoms with van der Waals surface area (Å²) in [7, 11) is -3.97. The van der Waals surface area contributed by atoms with E-state index in [9.17, 15) is 17.6 Å². The van der Waals surface area contributed by atoms with Crippen LogP contribution in [0.4, 0.5) is 15.8 Å². The topological polar surface area (TPSA) is 84.5 Å². The number of amides is 1. The minimum Gasteiger partial charge on any atom is -0.491 e. The van der Waals surface area contributed by atoms with Gasteiger partial charge >= 0.3 is 0 Å². The molecule has 1 amide bonds. The molecule has 32 heavy (non-hydrogen) atoms. The highest BCUT2D eigenvalue weighted by atomic mass is 32.2. The third kappa shape index (κ3) is 5.64. The summed E-state index contributed by atoms with van der Waals surface area (Å²) in [5, 5.41) is 2.83. The van der Waals surface area contributed by atoms with Crippen LogP contribution in [0.1, 0.15) is 35.3 Å². The van der Waals surface area contributed by atoms with Crippen molar-refractivity contribution in [2.24, 2.45) is 0 Å². The van der Waals surface area contributed by atoms with Gasteiger partial charge in [-0.15, -0.1) is 0 Å². The molecule has 3 rings (SSSR count). The van der Waals surface area contributed by atoms with Crippen LogP contribution in [0.2, 0.25) is 0 Å². The molecule has 0 radical (unpaired) electrons. The number of sulfonamides is 1. The number of benzene rings is 3. The number of ether oxygens (including phenoxy) is 1. The molecule has 0 aliphatic carbocycles. The van der Waals surface area contributed by atoms with E-state index in [4.69, 9.17) is 4.74 Å². The highest BCUT2D eigenvalue weighted by molar-refractivity contribution is 7.92. The zero-order valence-corrected chi connectivity index (χ0v) is 19.1. The first-order valence-electron chi connectivity index (χ1n) is 10.0. The molecule has 2 N–H and O–H groups in total. The van der Waals surface area contributed by atoms with E-state index in [-0.39, 0.29) is 22.3 Å². The Morgan fingerprint density at radius 2 is 1.62 bits per heavy atom. The van der Waals surface area contributed by atoms with Crippen LogP contribution in [0.5, 0.6) is 5.75 Å². The zero-order chi connectivity index (χ0) is 23.5. The van der Waals surface area contributed by atoms with Gasteiger partial charge in [-0.25, -0.2) is 12.8 Å². The minimum absolute atomic E-state index is 0.0331. The molecule has 0 fully saturated rings. The van der Waals surface area contributed by atoms with Gasteiger partial charge in [0.15, 0.2) is 0 Å². The van der Waals surface area contributed by atoms with Gasteiger partial charge in [-0.3, -0.25) is 9.52 Å². The van der Waals surface area contributed by atoms with E-state index in [0.717, 1.165) is 17.7 Å². The van der Waals surface area contributed by atoms with Crippen LogP contribution >= 0.6 is 0 Å². The molecule has 0 bridgehead atoms. The SMILES string of the molecule is Cc1cc(OC(C)C)ccc1NC(=O)c1cc(S(=O)(=O)Nc2ccc(F)cc2)ccc1C. The quantitative estimate of drug-likeness (QED) is 0.506. The second-order valence-corrected chi connectivity index (χ2v) is 9.37. The standard InChI is InChI=1S/C24H25FN2O4S/c1-15(2)31-20-10-12-23(17(4)13-20)26-24(28)22-14-21(11-5-16(22)3)32(29,30)27-19-8-6-18(25)7-9-19/h5-15,27H,1-4H3,(H,26,28). The number of anilines is 2. The molecule has 0 saturated heterocycles. The van der Waals surface area contributed by atoms with Gasteiger partial charge in [-0.2, -0.15) is 0 Å². The monoisotopic (exact) mass is 456 g/mol. The van der Waals surface area contributed by atoms with Gasteiger partial charge < -0.3 is 10.1 Å². The van der Waals surface area contributed by atoms with Gasteiger partial charge in [0, 0.05) is 16.9 Å². The van der Waals surface area contributed by atoms with Crippen molar-refractivity contribution in [3.05, 3.63) is 83.2 Å². The van der Waals surface area contributed by atoms with E-state index < -0.39 is 21.7 Å². The number of hydrogen-bond acceptors (Lipinski definition) is 4.